The predicted octanol–water partition coefficient (Wildman–Crippen LogP) is 6.20. The molecule has 1 aromatic heterocycles. The van der Waals surface area contributed by atoms with Crippen LogP contribution in [0.15, 0.2) is 78.5 Å². The maximum absolute atomic E-state index is 15.9. The van der Waals surface area contributed by atoms with E-state index in [9.17, 15) is 0 Å². The maximum atomic E-state index is 15.9. The van der Waals surface area contributed by atoms with E-state index in [0.29, 0.717) is 22.8 Å². The summed E-state index contributed by atoms with van der Waals surface area (Å²) in [6.45, 7) is 12.7. The highest BCUT2D eigenvalue weighted by Crippen LogP contribution is 2.40. The van der Waals surface area contributed by atoms with Gasteiger partial charge in [0.05, 0.1) is 5.57 Å². The van der Waals surface area contributed by atoms with E-state index in [2.05, 4.69) is 90.1 Å². The van der Waals surface area contributed by atoms with E-state index in [0.717, 1.165) is 16.6 Å². The van der Waals surface area contributed by atoms with Crippen LogP contribution >= 0.6 is 0 Å². The summed E-state index contributed by atoms with van der Waals surface area (Å²) in [5.41, 5.74) is 15.4. The normalized spacial score (nSPS) is 15.5. The monoisotopic (exact) mass is 544 g/mol. The van der Waals surface area contributed by atoms with Crippen LogP contribution < -0.4 is 16.4 Å². The van der Waals surface area contributed by atoms with Crippen molar-refractivity contribution in [1.29, 1.82) is 0 Å². The number of hydrogen-bond donors (Lipinski definition) is 0. The average molecular weight is 544 g/mol. The second-order valence-electron chi connectivity index (χ2n) is 12.1. The first-order valence-electron chi connectivity index (χ1n) is 14.4. The van der Waals surface area contributed by atoms with Crippen LogP contribution in [-0.2, 0) is 0 Å². The Hall–Kier alpha value is -3.92. The van der Waals surface area contributed by atoms with Crippen LogP contribution in [0.3, 0.4) is 0 Å². The molecule has 0 bridgehead atoms. The van der Waals surface area contributed by atoms with E-state index in [1.165, 1.54) is 53.3 Å². The Balaban J connectivity index is 1.64. The van der Waals surface area contributed by atoms with Crippen LogP contribution in [0.4, 0.5) is 8.63 Å². The first-order valence-corrected chi connectivity index (χ1v) is 14.4. The molecule has 0 fully saturated rings. The van der Waals surface area contributed by atoms with Gasteiger partial charge in [0.1, 0.15) is 5.71 Å². The van der Waals surface area contributed by atoms with E-state index in [1.807, 2.05) is 12.1 Å². The fourth-order valence-corrected chi connectivity index (χ4v) is 7.52. The SMILES string of the molecule is CC1=[N+]2C(=C(c3cccc(B(c4c(C)cc(C)cc4C)c4c(C)cc(C)cc4C)c3)c3ccc(C)n3[B-]2(F)F)C=C1. The number of aryl methyl sites for hydroxylation is 7. The number of rotatable bonds is 4. The van der Waals surface area contributed by atoms with Crippen LogP contribution in [0.2, 0.25) is 0 Å². The highest BCUT2D eigenvalue weighted by Gasteiger charge is 2.53. The zero-order valence-corrected chi connectivity index (χ0v) is 25.2. The molecule has 6 heteroatoms. The fraction of sp³-hybridized carbons (Fsp3) is 0.229. The second kappa shape index (κ2) is 9.58. The molecule has 206 valence electrons. The minimum atomic E-state index is -3.98. The van der Waals surface area contributed by atoms with Crippen LogP contribution in [0.5, 0.6) is 0 Å². The molecule has 0 saturated heterocycles. The van der Waals surface area contributed by atoms with Gasteiger partial charge in [-0.15, -0.1) is 0 Å². The molecule has 2 aliphatic heterocycles. The summed E-state index contributed by atoms with van der Waals surface area (Å²) in [7, 11) is 0. The third-order valence-corrected chi connectivity index (χ3v) is 8.94. The van der Waals surface area contributed by atoms with Crippen molar-refractivity contribution in [2.45, 2.75) is 55.4 Å². The van der Waals surface area contributed by atoms with E-state index >= 15 is 8.63 Å². The molecule has 3 heterocycles. The Morgan fingerprint density at radius 2 is 1.24 bits per heavy atom. The molecule has 6 rings (SSSR count). The highest BCUT2D eigenvalue weighted by atomic mass is 19.2. The molecule has 0 atom stereocenters. The quantitative estimate of drug-likeness (QED) is 0.271. The van der Waals surface area contributed by atoms with Crippen LogP contribution in [0.1, 0.15) is 57.3 Å². The number of hydrogen-bond acceptors (Lipinski definition) is 0. The molecule has 4 aromatic rings. The number of aromatic nitrogens is 1. The lowest BCUT2D eigenvalue weighted by Gasteiger charge is -2.33. The highest BCUT2D eigenvalue weighted by molar-refractivity contribution is 6.96. The molecular weight excluding hydrogens is 508 g/mol. The average Bonchev–Trinajstić information content (AvgIpc) is 3.46. The molecule has 3 aromatic carbocycles. The van der Waals surface area contributed by atoms with Crippen molar-refractivity contribution in [2.24, 2.45) is 0 Å². The number of benzene rings is 3. The van der Waals surface area contributed by atoms with E-state index in [1.54, 1.807) is 26.0 Å². The Bertz CT molecular complexity index is 1750. The van der Waals surface area contributed by atoms with Crippen LogP contribution in [0, 0.1) is 48.5 Å². The van der Waals surface area contributed by atoms with Gasteiger partial charge in [-0.2, -0.15) is 0 Å². The smallest absolute Gasteiger partial charge is 0.393 e. The Labute approximate surface area is 242 Å². The van der Waals surface area contributed by atoms with E-state index < -0.39 is 6.97 Å². The van der Waals surface area contributed by atoms with Gasteiger partial charge in [-0.05, 0) is 71.9 Å². The summed E-state index contributed by atoms with van der Waals surface area (Å²) in [4.78, 5) is 0. The topological polar surface area (TPSA) is 7.94 Å². The molecule has 0 spiro atoms. The molecule has 2 aliphatic rings. The van der Waals surface area contributed by atoms with Gasteiger partial charge in [-0.1, -0.05) is 98.3 Å². The van der Waals surface area contributed by atoms with Gasteiger partial charge < -0.3 is 17.6 Å². The van der Waals surface area contributed by atoms with Gasteiger partial charge in [-0.3, -0.25) is 0 Å². The minimum absolute atomic E-state index is 0.00745. The molecule has 0 amide bonds. The molecule has 0 radical (unpaired) electrons. The van der Waals surface area contributed by atoms with Gasteiger partial charge in [0.2, 0.25) is 6.71 Å². The van der Waals surface area contributed by atoms with Gasteiger partial charge >= 0.3 is 6.97 Å². The van der Waals surface area contributed by atoms with E-state index in [-0.39, 0.29) is 6.71 Å². The van der Waals surface area contributed by atoms with Crippen LogP contribution in [-0.4, -0.2) is 28.4 Å². The summed E-state index contributed by atoms with van der Waals surface area (Å²) in [5, 5.41) is 0. The Kier molecular flexibility index (Phi) is 6.37. The lowest BCUT2D eigenvalue weighted by atomic mass is 9.34. The molecule has 2 nitrogen and oxygen atoms in total. The summed E-state index contributed by atoms with van der Waals surface area (Å²) in [6.07, 6.45) is 3.65. The standard InChI is InChI=1S/C35H36B2F2N2/c1-21-16-23(3)34(24(4)17-21)36(35-25(5)18-22(2)19-26(35)6)30-11-9-10-29(20-30)33-31-14-12-27(7)40(31)37(38,39)41-28(8)13-15-32(33)41/h9-20H,1-8H3. The van der Waals surface area contributed by atoms with Crippen molar-refractivity contribution in [1.82, 2.24) is 4.48 Å². The van der Waals surface area contributed by atoms with Gasteiger partial charge in [-0.25, -0.2) is 0 Å². The minimum Gasteiger partial charge on any atom is -0.393 e. The first kappa shape index (κ1) is 27.3. The van der Waals surface area contributed by atoms with Gasteiger partial charge in [0.25, 0.3) is 0 Å². The van der Waals surface area contributed by atoms with Crippen molar-refractivity contribution in [2.75, 3.05) is 0 Å². The number of fused-ring (bicyclic) bond motifs is 2. The summed E-state index contributed by atoms with van der Waals surface area (Å²) in [6, 6.07) is 21.3. The van der Waals surface area contributed by atoms with Crippen LogP contribution in [0.25, 0.3) is 5.57 Å². The fourth-order valence-electron chi connectivity index (χ4n) is 7.52. The maximum Gasteiger partial charge on any atom is 0.737 e. The lowest BCUT2D eigenvalue weighted by molar-refractivity contribution is -0.362. The summed E-state index contributed by atoms with van der Waals surface area (Å²) >= 11 is 0. The van der Waals surface area contributed by atoms with Crippen molar-refractivity contribution in [3.05, 3.63) is 129 Å². The lowest BCUT2D eigenvalue weighted by Crippen LogP contribution is -2.56. The zero-order chi connectivity index (χ0) is 29.4. The van der Waals surface area contributed by atoms with Gasteiger partial charge in [0, 0.05) is 24.8 Å². The van der Waals surface area contributed by atoms with E-state index in [4.69, 9.17) is 0 Å². The Morgan fingerprint density at radius 1 is 0.683 bits per heavy atom. The molecular formula is C35H36B2F2N2. The summed E-state index contributed by atoms with van der Waals surface area (Å²) < 4.78 is 34.3. The van der Waals surface area contributed by atoms with Gasteiger partial charge in [0.15, 0.2) is 5.70 Å². The third-order valence-electron chi connectivity index (χ3n) is 8.94. The zero-order valence-electron chi connectivity index (χ0n) is 25.2. The van der Waals surface area contributed by atoms with Crippen molar-refractivity contribution in [3.8, 4) is 0 Å². The molecule has 0 saturated carbocycles. The molecule has 41 heavy (non-hydrogen) atoms. The Morgan fingerprint density at radius 3 is 1.80 bits per heavy atom. The molecule has 0 unspecified atom stereocenters. The summed E-state index contributed by atoms with van der Waals surface area (Å²) in [5.74, 6) is 0. The largest absolute Gasteiger partial charge is 0.737 e. The van der Waals surface area contributed by atoms with Crippen molar-refractivity contribution >= 4 is 41.4 Å². The number of nitrogens with zero attached hydrogens (tertiary/aromatic N) is 2. The number of halogens is 2. The van der Waals surface area contributed by atoms with Crippen molar-refractivity contribution < 1.29 is 13.1 Å². The predicted molar refractivity (Wildman–Crippen MR) is 171 cm³/mol. The second-order valence-corrected chi connectivity index (χ2v) is 12.1. The number of allylic oxidation sites excluding steroid dienone is 2. The third kappa shape index (κ3) is 4.18. The van der Waals surface area contributed by atoms with Crippen molar-refractivity contribution in [3.63, 3.8) is 0 Å². The first-order chi connectivity index (χ1) is 19.4. The molecule has 0 aliphatic carbocycles. The molecule has 0 N–H and O–H groups in total.